The number of nitrogens with one attached hydrogen (secondary N) is 6. The number of ether oxygens (including phenoxy) is 3. The average Bonchev–Trinajstić information content (AvgIpc) is 3.79. The zero-order chi connectivity index (χ0) is 50.5. The lowest BCUT2D eigenvalue weighted by atomic mass is 10.1. The Kier molecular flexibility index (Phi) is 22.0. The fourth-order valence-electron chi connectivity index (χ4n) is 7.14. The molecule has 16 N–H and O–H groups in total. The molecule has 374 valence electrons. The van der Waals surface area contributed by atoms with Crippen molar-refractivity contribution in [2.24, 2.45) is 33.7 Å². The Hall–Kier alpha value is -6.95. The van der Waals surface area contributed by atoms with Gasteiger partial charge < -0.3 is 74.8 Å². The summed E-state index contributed by atoms with van der Waals surface area (Å²) < 4.78 is 16.2. The molecule has 3 aromatic carbocycles. The van der Waals surface area contributed by atoms with Crippen molar-refractivity contribution in [1.82, 2.24) is 16.0 Å². The van der Waals surface area contributed by atoms with E-state index in [0.29, 0.717) is 64.6 Å². The summed E-state index contributed by atoms with van der Waals surface area (Å²) >= 11 is 1.11. The maximum Gasteiger partial charge on any atom is 0.255 e. The predicted octanol–water partition coefficient (Wildman–Crippen LogP) is 1.53. The maximum atomic E-state index is 14.0. The van der Waals surface area contributed by atoms with Gasteiger partial charge in [0.2, 0.25) is 23.6 Å². The Morgan fingerprint density at radius 2 is 0.942 bits per heavy atom. The first-order valence-electron chi connectivity index (χ1n) is 22.4. The molecule has 1 unspecified atom stereocenters. The van der Waals surface area contributed by atoms with Crippen molar-refractivity contribution in [3.8, 4) is 17.2 Å². The second-order valence-corrected chi connectivity index (χ2v) is 17.1. The number of methoxy groups -OCH3 is 3. The number of benzene rings is 3. The van der Waals surface area contributed by atoms with Crippen LogP contribution in [0.25, 0.3) is 0 Å². The molecular formula is C46H64N12O10S. The molecule has 4 atom stereocenters. The summed E-state index contributed by atoms with van der Waals surface area (Å²) in [4.78, 5) is 98.3. The number of amidine groups is 1. The predicted molar refractivity (Wildman–Crippen MR) is 264 cm³/mol. The highest BCUT2D eigenvalue weighted by Crippen LogP contribution is 2.27. The van der Waals surface area contributed by atoms with Crippen molar-refractivity contribution < 1.29 is 47.8 Å². The Balaban J connectivity index is 1.53. The van der Waals surface area contributed by atoms with Gasteiger partial charge in [-0.3, -0.25) is 38.6 Å². The van der Waals surface area contributed by atoms with Crippen LogP contribution < -0.4 is 74.8 Å². The number of amides is 7. The summed E-state index contributed by atoms with van der Waals surface area (Å²) in [6, 6.07) is 10.0. The van der Waals surface area contributed by atoms with Gasteiger partial charge in [-0.2, -0.15) is 0 Å². The number of rotatable bonds is 28. The van der Waals surface area contributed by atoms with E-state index in [2.05, 4.69) is 36.9 Å². The zero-order valence-electron chi connectivity index (χ0n) is 39.0. The van der Waals surface area contributed by atoms with Crippen LogP contribution in [0.2, 0.25) is 0 Å². The molecule has 0 spiro atoms. The molecule has 0 fully saturated rings. The number of unbranched alkanes of at least 4 members (excludes halogenated alkanes) is 3. The summed E-state index contributed by atoms with van der Waals surface area (Å²) in [5.41, 5.74) is 29.1. The van der Waals surface area contributed by atoms with E-state index in [4.69, 9.17) is 42.9 Å². The molecule has 69 heavy (non-hydrogen) atoms. The fraction of sp³-hybridized carbons (Fsp3) is 0.435. The summed E-state index contributed by atoms with van der Waals surface area (Å²) in [5.74, 6) is -3.80. The van der Waals surface area contributed by atoms with Gasteiger partial charge in [-0.1, -0.05) is 11.8 Å². The zero-order valence-corrected chi connectivity index (χ0v) is 39.8. The normalized spacial score (nSPS) is 14.2. The number of nitrogens with zero attached hydrogens (tertiary/aromatic N) is 1. The van der Waals surface area contributed by atoms with Crippen LogP contribution in [0.4, 0.5) is 17.1 Å². The number of carbonyl (C=O) groups excluding carboxylic acids is 7. The first-order valence-corrected chi connectivity index (χ1v) is 23.3. The second kappa shape index (κ2) is 27.8. The molecule has 7 amide bonds. The van der Waals surface area contributed by atoms with Crippen LogP contribution in [0.15, 0.2) is 59.6 Å². The summed E-state index contributed by atoms with van der Waals surface area (Å²) in [6.07, 6.45) is 3.93. The van der Waals surface area contributed by atoms with Crippen molar-refractivity contribution in [3.05, 3.63) is 71.3 Å². The van der Waals surface area contributed by atoms with E-state index >= 15 is 0 Å². The topological polar surface area (TPSA) is 362 Å². The van der Waals surface area contributed by atoms with Crippen LogP contribution in [-0.4, -0.2) is 117 Å². The number of aliphatic imine (C=N–C) groups is 1. The van der Waals surface area contributed by atoms with E-state index in [1.807, 2.05) is 0 Å². The quantitative estimate of drug-likeness (QED) is 0.0460. The summed E-state index contributed by atoms with van der Waals surface area (Å²) in [5, 5.41) is 16.3. The van der Waals surface area contributed by atoms with Gasteiger partial charge in [0.15, 0.2) is 5.17 Å². The SMILES string of the molecule is COc1ccc(NC(=O)[C@H](CCCCN)NC(=O)c2cc(NC(=O)[C@H](CCCCN)NC(=O)c3cc(NC(=O)[C@H](CCCCN)NC(=O)C4CN=C(N)S4)ccc3OC)ccc2OC)cc1C(N)=O. The third-order valence-corrected chi connectivity index (χ3v) is 11.9. The maximum absolute atomic E-state index is 14.0. The smallest absolute Gasteiger partial charge is 0.255 e. The largest absolute Gasteiger partial charge is 0.496 e. The van der Waals surface area contributed by atoms with E-state index in [9.17, 15) is 33.6 Å². The lowest BCUT2D eigenvalue weighted by molar-refractivity contribution is -0.126. The summed E-state index contributed by atoms with van der Waals surface area (Å²) in [7, 11) is 4.10. The summed E-state index contributed by atoms with van der Waals surface area (Å²) in [6.45, 7) is 1.29. The lowest BCUT2D eigenvalue weighted by Crippen LogP contribution is -2.47. The minimum Gasteiger partial charge on any atom is -0.496 e. The molecule has 0 saturated heterocycles. The van der Waals surface area contributed by atoms with Gasteiger partial charge in [0.05, 0.1) is 44.6 Å². The van der Waals surface area contributed by atoms with E-state index in [1.54, 1.807) is 0 Å². The standard InChI is InChI=1S/C46H64N12O10S/c1-66-35-16-13-26(22-29(35)39(50)59)53-42(62)32(10-4-7-19-47)56-40(60)30-23-27(14-17-36(30)67-2)54-43(63)33(11-5-8-20-48)57-41(61)31-24-28(15-18-37(31)68-3)55-44(64)34(12-6-9-21-49)58-45(65)38-25-52-46(51)69-38/h13-18,22-24,32-34,38H,4-12,19-21,25,47-49H2,1-3H3,(H2,50,59)(H2,51,52)(H,53,62)(H,54,63)(H,55,64)(H,56,60)(H,57,61)(H,58,65)/t32-,33-,34-,38?/m0/s1. The first-order chi connectivity index (χ1) is 33.2. The number of carbonyl (C=O) groups is 7. The molecule has 3 aromatic rings. The molecule has 22 nitrogen and oxygen atoms in total. The number of nitrogens with two attached hydrogens (primary N) is 5. The van der Waals surface area contributed by atoms with Crippen LogP contribution in [0.5, 0.6) is 17.2 Å². The van der Waals surface area contributed by atoms with Crippen LogP contribution in [0.1, 0.15) is 88.9 Å². The van der Waals surface area contributed by atoms with E-state index in [0.717, 1.165) is 11.8 Å². The molecule has 0 saturated carbocycles. The third-order valence-electron chi connectivity index (χ3n) is 10.8. The molecule has 0 radical (unpaired) electrons. The van der Waals surface area contributed by atoms with Crippen LogP contribution in [-0.2, 0) is 19.2 Å². The molecule has 0 aromatic heterocycles. The molecule has 1 aliphatic heterocycles. The van der Waals surface area contributed by atoms with Gasteiger partial charge in [-0.25, -0.2) is 0 Å². The van der Waals surface area contributed by atoms with E-state index in [1.165, 1.54) is 75.9 Å². The highest BCUT2D eigenvalue weighted by atomic mass is 32.2. The van der Waals surface area contributed by atoms with Gasteiger partial charge in [0.25, 0.3) is 17.7 Å². The molecule has 4 rings (SSSR count). The molecule has 0 bridgehead atoms. The van der Waals surface area contributed by atoms with Gasteiger partial charge in [-0.15, -0.1) is 0 Å². The van der Waals surface area contributed by atoms with Crippen molar-refractivity contribution in [2.45, 2.75) is 81.2 Å². The monoisotopic (exact) mass is 976 g/mol. The van der Waals surface area contributed by atoms with Crippen LogP contribution in [0.3, 0.4) is 0 Å². The third kappa shape index (κ3) is 16.4. The van der Waals surface area contributed by atoms with Crippen molar-refractivity contribution in [2.75, 3.05) is 63.5 Å². The lowest BCUT2D eigenvalue weighted by Gasteiger charge is -2.22. The highest BCUT2D eigenvalue weighted by Gasteiger charge is 2.31. The highest BCUT2D eigenvalue weighted by molar-refractivity contribution is 8.15. The van der Waals surface area contributed by atoms with Gasteiger partial charge in [0.1, 0.15) is 40.6 Å². The number of anilines is 3. The van der Waals surface area contributed by atoms with E-state index < -0.39 is 64.7 Å². The molecule has 23 heteroatoms. The Morgan fingerprint density at radius 3 is 1.28 bits per heavy atom. The van der Waals surface area contributed by atoms with Crippen LogP contribution >= 0.6 is 11.8 Å². The second-order valence-electron chi connectivity index (χ2n) is 15.8. The van der Waals surface area contributed by atoms with Gasteiger partial charge in [-0.05, 0) is 132 Å². The molecule has 0 aliphatic carbocycles. The Labute approximate surface area is 404 Å². The number of primary amides is 1. The Morgan fingerprint density at radius 1 is 0.580 bits per heavy atom. The number of hydrogen-bond acceptors (Lipinski definition) is 16. The average molecular weight is 977 g/mol. The molecule has 1 aliphatic rings. The Bertz CT molecular complexity index is 2330. The first kappa shape index (κ1) is 54.7. The van der Waals surface area contributed by atoms with Crippen molar-refractivity contribution in [1.29, 1.82) is 0 Å². The van der Waals surface area contributed by atoms with Gasteiger partial charge in [0, 0.05) is 17.1 Å². The van der Waals surface area contributed by atoms with Gasteiger partial charge >= 0.3 is 0 Å². The van der Waals surface area contributed by atoms with Crippen LogP contribution in [0, 0.1) is 0 Å². The minimum absolute atomic E-state index is 0.000574. The number of thioether (sulfide) groups is 1. The minimum atomic E-state index is -1.12. The molecular weight excluding hydrogens is 913 g/mol. The van der Waals surface area contributed by atoms with E-state index in [-0.39, 0.29) is 75.6 Å². The molecule has 1 heterocycles. The fourth-order valence-corrected chi connectivity index (χ4v) is 7.91. The van der Waals surface area contributed by atoms with Crippen molar-refractivity contribution >= 4 is 75.3 Å². The number of hydrogen-bond donors (Lipinski definition) is 11. The van der Waals surface area contributed by atoms with Crippen molar-refractivity contribution in [3.63, 3.8) is 0 Å².